The lowest BCUT2D eigenvalue weighted by Crippen LogP contribution is -2.25. The van der Waals surface area contributed by atoms with Gasteiger partial charge in [-0.3, -0.25) is 4.79 Å². The van der Waals surface area contributed by atoms with Crippen molar-refractivity contribution in [1.82, 2.24) is 15.2 Å². The number of hydroxylamine groups is 2. The smallest absolute Gasteiger partial charge is 0.368 e. The minimum atomic E-state index is -4.39. The van der Waals surface area contributed by atoms with Crippen molar-refractivity contribution < 1.29 is 27.3 Å². The zero-order chi connectivity index (χ0) is 29.5. The molecule has 0 unspecified atom stereocenters. The van der Waals surface area contributed by atoms with E-state index in [1.165, 1.54) is 75.5 Å². The van der Waals surface area contributed by atoms with E-state index in [9.17, 15) is 18.0 Å². The summed E-state index contributed by atoms with van der Waals surface area (Å²) in [5, 5.41) is 5.57. The maximum Gasteiger partial charge on any atom is 0.416 e. The number of halogens is 3. The fourth-order valence-corrected chi connectivity index (χ4v) is 4.66. The number of carbonyl (C=O) groups excluding carboxylic acids is 1. The lowest BCUT2D eigenvalue weighted by molar-refractivity contribution is -0.194. The second-order valence-electron chi connectivity index (χ2n) is 10.6. The summed E-state index contributed by atoms with van der Waals surface area (Å²) in [6.07, 6.45) is 9.38. The maximum atomic E-state index is 12.8. The number of rotatable bonds is 18. The van der Waals surface area contributed by atoms with E-state index in [2.05, 4.69) is 17.1 Å². The van der Waals surface area contributed by atoms with Crippen molar-refractivity contribution in [3.05, 3.63) is 82.5 Å². The number of unbranched alkanes of at least 4 members (excludes halogenated alkanes) is 8. The molecule has 6 nitrogen and oxygen atoms in total. The highest BCUT2D eigenvalue weighted by Crippen LogP contribution is 2.29. The minimum Gasteiger partial charge on any atom is -0.368 e. The van der Waals surface area contributed by atoms with Gasteiger partial charge in [-0.25, -0.2) is 0 Å². The third-order valence-corrected chi connectivity index (χ3v) is 6.92. The molecule has 0 saturated carbocycles. The minimum absolute atomic E-state index is 0.165. The van der Waals surface area contributed by atoms with Gasteiger partial charge in [-0.05, 0) is 41.7 Å². The molecule has 9 heteroatoms. The number of hydrogen-bond acceptors (Lipinski definition) is 6. The summed E-state index contributed by atoms with van der Waals surface area (Å²) >= 11 is 0. The van der Waals surface area contributed by atoms with Crippen LogP contribution in [0.5, 0.6) is 0 Å². The molecule has 41 heavy (non-hydrogen) atoms. The Bertz CT molecular complexity index is 1160. The molecule has 224 valence electrons. The molecule has 0 bridgehead atoms. The summed E-state index contributed by atoms with van der Waals surface area (Å²) in [6.45, 7) is 4.00. The van der Waals surface area contributed by atoms with E-state index >= 15 is 0 Å². The molecule has 1 aromatic heterocycles. The SMILES string of the molecule is CCCCCCCCCCCc1noc(CCc2ccc(CN(Cc3ccc(C(F)(F)F)cc3)OC(C)=O)cc2)n1. The molecule has 0 amide bonds. The fourth-order valence-electron chi connectivity index (χ4n) is 4.66. The van der Waals surface area contributed by atoms with Gasteiger partial charge in [0.25, 0.3) is 0 Å². The molecule has 0 radical (unpaired) electrons. The van der Waals surface area contributed by atoms with Crippen molar-refractivity contribution in [2.45, 2.75) is 110 Å². The average molecular weight is 574 g/mol. The molecule has 3 rings (SSSR count). The molecule has 3 aromatic rings. The highest BCUT2D eigenvalue weighted by molar-refractivity contribution is 5.65. The van der Waals surface area contributed by atoms with Gasteiger partial charge in [0.05, 0.1) is 18.7 Å². The van der Waals surface area contributed by atoms with Gasteiger partial charge in [0, 0.05) is 19.8 Å². The monoisotopic (exact) mass is 573 g/mol. The second kappa shape index (κ2) is 16.9. The lowest BCUT2D eigenvalue weighted by Gasteiger charge is -2.21. The van der Waals surface area contributed by atoms with Crippen molar-refractivity contribution in [1.29, 1.82) is 0 Å². The molecule has 0 saturated heterocycles. The molecule has 0 aliphatic heterocycles. The Labute approximate surface area is 241 Å². The first-order valence-corrected chi connectivity index (χ1v) is 14.7. The van der Waals surface area contributed by atoms with Crippen LogP contribution in [0.4, 0.5) is 13.2 Å². The molecule has 0 atom stereocenters. The standard InChI is InChI=1S/C32H42F3N3O3/c1-3-4-5-6-7-8-9-10-11-12-30-36-31(40-37-30)22-19-26-13-15-27(16-14-26)23-38(41-25(2)39)24-28-17-20-29(21-18-28)32(33,34)35/h13-18,20-21H,3-12,19,22-24H2,1-2H3. The maximum absolute atomic E-state index is 12.8. The zero-order valence-corrected chi connectivity index (χ0v) is 24.2. The molecule has 0 fully saturated rings. The van der Waals surface area contributed by atoms with Crippen LogP contribution < -0.4 is 0 Å². The van der Waals surface area contributed by atoms with Crippen LogP contribution in [0.3, 0.4) is 0 Å². The molecule has 0 spiro atoms. The summed E-state index contributed by atoms with van der Waals surface area (Å²) in [5.41, 5.74) is 1.90. The largest absolute Gasteiger partial charge is 0.416 e. The Hall–Kier alpha value is -3.20. The van der Waals surface area contributed by atoms with Gasteiger partial charge in [-0.2, -0.15) is 18.2 Å². The van der Waals surface area contributed by atoms with E-state index in [0.29, 0.717) is 24.4 Å². The van der Waals surface area contributed by atoms with Crippen LogP contribution in [-0.2, 0) is 48.2 Å². The van der Waals surface area contributed by atoms with Crippen molar-refractivity contribution in [2.24, 2.45) is 0 Å². The zero-order valence-electron chi connectivity index (χ0n) is 24.2. The molecule has 1 heterocycles. The summed E-state index contributed by atoms with van der Waals surface area (Å²) in [7, 11) is 0. The normalized spacial score (nSPS) is 11.8. The number of nitrogens with zero attached hydrogens (tertiary/aromatic N) is 3. The number of aromatic nitrogens is 2. The van der Waals surface area contributed by atoms with Gasteiger partial charge >= 0.3 is 12.1 Å². The summed E-state index contributed by atoms with van der Waals surface area (Å²) < 4.78 is 44.0. The van der Waals surface area contributed by atoms with Crippen LogP contribution in [0.2, 0.25) is 0 Å². The van der Waals surface area contributed by atoms with Gasteiger partial charge in [0.2, 0.25) is 5.89 Å². The highest BCUT2D eigenvalue weighted by atomic mass is 19.4. The number of hydrogen-bond donors (Lipinski definition) is 0. The van der Waals surface area contributed by atoms with Gasteiger partial charge in [-0.15, -0.1) is 5.06 Å². The molecular weight excluding hydrogens is 531 g/mol. The van der Waals surface area contributed by atoms with Crippen LogP contribution in [0.1, 0.15) is 106 Å². The van der Waals surface area contributed by atoms with Crippen LogP contribution in [0, 0.1) is 0 Å². The van der Waals surface area contributed by atoms with Gasteiger partial charge in [0.1, 0.15) is 0 Å². The summed E-state index contributed by atoms with van der Waals surface area (Å²) in [4.78, 5) is 21.4. The molecule has 2 aromatic carbocycles. The number of carbonyl (C=O) groups is 1. The average Bonchev–Trinajstić information content (AvgIpc) is 3.39. The first kappa shape index (κ1) is 32.3. The van der Waals surface area contributed by atoms with Crippen LogP contribution in [-0.4, -0.2) is 21.2 Å². The first-order valence-electron chi connectivity index (χ1n) is 14.7. The van der Waals surface area contributed by atoms with Gasteiger partial charge in [-0.1, -0.05) is 99.8 Å². The molecular formula is C32H42F3N3O3. The Morgan fingerprint density at radius 3 is 1.88 bits per heavy atom. The van der Waals surface area contributed by atoms with Crippen molar-refractivity contribution in [2.75, 3.05) is 0 Å². The van der Waals surface area contributed by atoms with Crippen molar-refractivity contribution >= 4 is 5.97 Å². The number of benzene rings is 2. The lowest BCUT2D eigenvalue weighted by atomic mass is 10.1. The molecule has 0 aliphatic carbocycles. The van der Waals surface area contributed by atoms with Crippen molar-refractivity contribution in [3.8, 4) is 0 Å². The Balaban J connectivity index is 1.41. The second-order valence-corrected chi connectivity index (χ2v) is 10.6. The highest BCUT2D eigenvalue weighted by Gasteiger charge is 2.30. The quantitative estimate of drug-likeness (QED) is 0.112. The number of alkyl halides is 3. The summed E-state index contributed by atoms with van der Waals surface area (Å²) in [5.74, 6) is 0.916. The number of aryl methyl sites for hydroxylation is 3. The predicted octanol–water partition coefficient (Wildman–Crippen LogP) is 8.43. The Morgan fingerprint density at radius 1 is 0.780 bits per heavy atom. The first-order chi connectivity index (χ1) is 19.7. The van der Waals surface area contributed by atoms with E-state index in [0.717, 1.165) is 48.3 Å². The van der Waals surface area contributed by atoms with E-state index in [4.69, 9.17) is 9.36 Å². The third kappa shape index (κ3) is 12.5. The van der Waals surface area contributed by atoms with Crippen LogP contribution in [0.15, 0.2) is 53.1 Å². The van der Waals surface area contributed by atoms with E-state index in [1.807, 2.05) is 24.3 Å². The topological polar surface area (TPSA) is 68.5 Å². The fraction of sp³-hybridized carbons (Fsp3) is 0.531. The molecule has 0 aliphatic rings. The van der Waals surface area contributed by atoms with E-state index in [1.54, 1.807) is 0 Å². The Kier molecular flexibility index (Phi) is 13.3. The van der Waals surface area contributed by atoms with Crippen LogP contribution >= 0.6 is 0 Å². The summed E-state index contributed by atoms with van der Waals surface area (Å²) in [6, 6.07) is 12.7. The Morgan fingerprint density at radius 2 is 1.32 bits per heavy atom. The van der Waals surface area contributed by atoms with Gasteiger partial charge in [0.15, 0.2) is 5.82 Å². The van der Waals surface area contributed by atoms with Gasteiger partial charge < -0.3 is 9.36 Å². The van der Waals surface area contributed by atoms with E-state index < -0.39 is 17.7 Å². The predicted molar refractivity (Wildman–Crippen MR) is 152 cm³/mol. The third-order valence-electron chi connectivity index (χ3n) is 6.92. The van der Waals surface area contributed by atoms with Crippen molar-refractivity contribution in [3.63, 3.8) is 0 Å². The molecule has 0 N–H and O–H groups in total. The van der Waals surface area contributed by atoms with E-state index in [-0.39, 0.29) is 6.54 Å². The van der Waals surface area contributed by atoms with Crippen LogP contribution in [0.25, 0.3) is 0 Å².